The molecule has 2 unspecified atom stereocenters. The fourth-order valence-corrected chi connectivity index (χ4v) is 3.79. The van der Waals surface area contributed by atoms with Crippen LogP contribution in [0.2, 0.25) is 0 Å². The SMILES string of the molecule is CN=C(NCc1cc2c(cc1OC(F)F)OCO2)NCC(C)(C)N1CC(C)OC(C)C1.I. The molecule has 0 radical (unpaired) electrons. The fourth-order valence-electron chi connectivity index (χ4n) is 3.79. The number of nitrogens with zero attached hydrogens (tertiary/aromatic N) is 2. The number of ether oxygens (including phenoxy) is 4. The number of fused-ring (bicyclic) bond motifs is 1. The topological polar surface area (TPSA) is 76.6 Å². The molecule has 8 nitrogen and oxygen atoms in total. The van der Waals surface area contributed by atoms with E-state index in [-0.39, 0.29) is 60.8 Å². The lowest BCUT2D eigenvalue weighted by atomic mass is 10.00. The van der Waals surface area contributed by atoms with Crippen LogP contribution >= 0.6 is 24.0 Å². The van der Waals surface area contributed by atoms with Gasteiger partial charge in [0.2, 0.25) is 6.79 Å². The average Bonchev–Trinajstić information content (AvgIpc) is 3.14. The summed E-state index contributed by atoms with van der Waals surface area (Å²) in [7, 11) is 1.66. The van der Waals surface area contributed by atoms with Crippen molar-refractivity contribution in [2.75, 3.05) is 33.5 Å². The second-order valence-electron chi connectivity index (χ2n) is 8.45. The van der Waals surface area contributed by atoms with E-state index >= 15 is 0 Å². The van der Waals surface area contributed by atoms with Crippen molar-refractivity contribution in [2.24, 2.45) is 4.99 Å². The molecule has 0 spiro atoms. The minimum absolute atomic E-state index is 0. The lowest BCUT2D eigenvalue weighted by Gasteiger charge is -2.45. The summed E-state index contributed by atoms with van der Waals surface area (Å²) in [4.78, 5) is 6.65. The van der Waals surface area contributed by atoms with Gasteiger partial charge in [0.05, 0.1) is 12.2 Å². The van der Waals surface area contributed by atoms with Gasteiger partial charge in [-0.1, -0.05) is 0 Å². The van der Waals surface area contributed by atoms with Crippen LogP contribution in [-0.4, -0.2) is 68.7 Å². The van der Waals surface area contributed by atoms with Crippen molar-refractivity contribution in [1.82, 2.24) is 15.5 Å². The highest BCUT2D eigenvalue weighted by Gasteiger charge is 2.33. The zero-order valence-electron chi connectivity index (χ0n) is 19.1. The molecule has 1 aromatic rings. The van der Waals surface area contributed by atoms with E-state index in [9.17, 15) is 8.78 Å². The molecular formula is C21H33F2IN4O4. The van der Waals surface area contributed by atoms with Crippen LogP contribution in [0.25, 0.3) is 0 Å². The van der Waals surface area contributed by atoms with Crippen LogP contribution in [0.4, 0.5) is 8.78 Å². The molecule has 11 heteroatoms. The van der Waals surface area contributed by atoms with Crippen molar-refractivity contribution in [3.8, 4) is 17.2 Å². The van der Waals surface area contributed by atoms with Crippen molar-refractivity contribution in [2.45, 2.75) is 58.6 Å². The van der Waals surface area contributed by atoms with Crippen LogP contribution in [0.3, 0.4) is 0 Å². The molecule has 2 aliphatic rings. The third kappa shape index (κ3) is 6.95. The van der Waals surface area contributed by atoms with Gasteiger partial charge in [-0.3, -0.25) is 9.89 Å². The van der Waals surface area contributed by atoms with Gasteiger partial charge >= 0.3 is 6.61 Å². The number of alkyl halides is 2. The highest BCUT2D eigenvalue weighted by Crippen LogP contribution is 2.38. The molecule has 0 aromatic heterocycles. The highest BCUT2D eigenvalue weighted by atomic mass is 127. The van der Waals surface area contributed by atoms with Crippen molar-refractivity contribution < 1.29 is 27.7 Å². The number of halogens is 3. The molecule has 0 saturated carbocycles. The lowest BCUT2D eigenvalue weighted by molar-refractivity contribution is -0.0946. The molecular weight excluding hydrogens is 537 g/mol. The molecule has 182 valence electrons. The maximum atomic E-state index is 12.8. The molecule has 0 amide bonds. The molecule has 32 heavy (non-hydrogen) atoms. The molecule has 1 fully saturated rings. The first kappa shape index (κ1) is 26.7. The van der Waals surface area contributed by atoms with Crippen molar-refractivity contribution in [3.05, 3.63) is 17.7 Å². The van der Waals surface area contributed by atoms with E-state index in [0.29, 0.717) is 29.6 Å². The minimum atomic E-state index is -2.93. The Labute approximate surface area is 205 Å². The van der Waals surface area contributed by atoms with Crippen LogP contribution in [0.15, 0.2) is 17.1 Å². The summed E-state index contributed by atoms with van der Waals surface area (Å²) in [5.74, 6) is 1.48. The quantitative estimate of drug-likeness (QED) is 0.297. The predicted molar refractivity (Wildman–Crippen MR) is 128 cm³/mol. The van der Waals surface area contributed by atoms with Gasteiger partial charge in [-0.25, -0.2) is 0 Å². The van der Waals surface area contributed by atoms with Crippen molar-refractivity contribution in [1.29, 1.82) is 0 Å². The Morgan fingerprint density at radius 2 is 1.81 bits per heavy atom. The smallest absolute Gasteiger partial charge is 0.387 e. The maximum Gasteiger partial charge on any atom is 0.387 e. The van der Waals surface area contributed by atoms with Gasteiger partial charge in [0.25, 0.3) is 0 Å². The first-order chi connectivity index (χ1) is 14.7. The zero-order valence-corrected chi connectivity index (χ0v) is 21.4. The molecule has 1 saturated heterocycles. The summed E-state index contributed by atoms with van der Waals surface area (Å²) < 4.78 is 46.8. The maximum absolute atomic E-state index is 12.8. The van der Waals surface area contributed by atoms with E-state index in [0.717, 1.165) is 13.1 Å². The lowest BCUT2D eigenvalue weighted by Crippen LogP contribution is -2.59. The molecule has 2 aliphatic heterocycles. The number of guanidine groups is 1. The van der Waals surface area contributed by atoms with Crippen LogP contribution in [0.5, 0.6) is 17.2 Å². The van der Waals surface area contributed by atoms with Gasteiger partial charge < -0.3 is 29.6 Å². The van der Waals surface area contributed by atoms with Crippen LogP contribution in [0.1, 0.15) is 33.3 Å². The number of nitrogens with one attached hydrogen (secondary N) is 2. The molecule has 1 aromatic carbocycles. The highest BCUT2D eigenvalue weighted by molar-refractivity contribution is 14.0. The Hall–Kier alpha value is -1.60. The Morgan fingerprint density at radius 1 is 1.19 bits per heavy atom. The monoisotopic (exact) mass is 570 g/mol. The molecule has 2 heterocycles. The predicted octanol–water partition coefficient (Wildman–Crippen LogP) is 3.19. The van der Waals surface area contributed by atoms with Gasteiger partial charge in [0.1, 0.15) is 5.75 Å². The molecule has 0 aliphatic carbocycles. The van der Waals surface area contributed by atoms with Crippen LogP contribution < -0.4 is 24.8 Å². The van der Waals surface area contributed by atoms with Gasteiger partial charge in [0, 0.05) is 50.4 Å². The number of benzene rings is 1. The van der Waals surface area contributed by atoms with Gasteiger partial charge in [-0.2, -0.15) is 8.78 Å². The molecule has 3 rings (SSSR count). The van der Waals surface area contributed by atoms with Crippen LogP contribution in [0, 0.1) is 0 Å². The molecule has 2 N–H and O–H groups in total. The largest absolute Gasteiger partial charge is 0.454 e. The summed E-state index contributed by atoms with van der Waals surface area (Å²) in [5, 5.41) is 6.49. The van der Waals surface area contributed by atoms with E-state index < -0.39 is 6.61 Å². The van der Waals surface area contributed by atoms with Gasteiger partial charge in [-0.15, -0.1) is 24.0 Å². The van der Waals surface area contributed by atoms with E-state index in [1.165, 1.54) is 6.07 Å². The van der Waals surface area contributed by atoms with E-state index in [4.69, 9.17) is 14.2 Å². The van der Waals surface area contributed by atoms with Crippen molar-refractivity contribution >= 4 is 29.9 Å². The normalized spacial score (nSPS) is 21.3. The third-order valence-electron chi connectivity index (χ3n) is 5.41. The first-order valence-electron chi connectivity index (χ1n) is 10.4. The Bertz CT molecular complexity index is 787. The number of hydrogen-bond donors (Lipinski definition) is 2. The summed E-state index contributed by atoms with van der Waals surface area (Å²) in [6, 6.07) is 3.06. The number of morpholine rings is 1. The second-order valence-corrected chi connectivity index (χ2v) is 8.45. The van der Waals surface area contributed by atoms with E-state index in [1.54, 1.807) is 13.1 Å². The first-order valence-corrected chi connectivity index (χ1v) is 10.4. The van der Waals surface area contributed by atoms with Gasteiger partial charge in [0.15, 0.2) is 17.5 Å². The molecule has 2 atom stereocenters. The summed E-state index contributed by atoms with van der Waals surface area (Å²) in [6.45, 7) is 8.21. The number of hydrogen-bond acceptors (Lipinski definition) is 6. The third-order valence-corrected chi connectivity index (χ3v) is 5.41. The van der Waals surface area contributed by atoms with E-state index in [2.05, 4.69) is 53.0 Å². The fraction of sp³-hybridized carbons (Fsp3) is 0.667. The standard InChI is InChI=1S/C21H32F2N4O4.HI/c1-13-9-27(10-14(2)30-13)21(3,4)11-26-20(24-5)25-8-15-6-17-18(29-12-28-17)7-16(15)31-19(22)23;/h6-7,13-14,19H,8-12H2,1-5H3,(H2,24,25,26);1H. The summed E-state index contributed by atoms with van der Waals surface area (Å²) in [6.07, 6.45) is 0.361. The average molecular weight is 570 g/mol. The Morgan fingerprint density at radius 3 is 2.41 bits per heavy atom. The Balaban J connectivity index is 0.00000363. The zero-order chi connectivity index (χ0) is 22.6. The Kier molecular flexibility index (Phi) is 9.58. The van der Waals surface area contributed by atoms with E-state index in [1.807, 2.05) is 0 Å². The summed E-state index contributed by atoms with van der Waals surface area (Å²) >= 11 is 0. The second kappa shape index (κ2) is 11.5. The van der Waals surface area contributed by atoms with Crippen LogP contribution in [-0.2, 0) is 11.3 Å². The summed E-state index contributed by atoms with van der Waals surface area (Å²) in [5.41, 5.74) is 0.384. The number of aliphatic imine (C=N–C) groups is 1. The minimum Gasteiger partial charge on any atom is -0.454 e. The number of rotatable bonds is 7. The van der Waals surface area contributed by atoms with Gasteiger partial charge in [-0.05, 0) is 33.8 Å². The van der Waals surface area contributed by atoms with Crippen molar-refractivity contribution in [3.63, 3.8) is 0 Å². The molecule has 0 bridgehead atoms.